The van der Waals surface area contributed by atoms with Gasteiger partial charge in [0.05, 0.1) is 51.7 Å². The minimum Gasteiger partial charge on any atom is -0.332 e. The Morgan fingerprint density at radius 1 is 1.03 bits per heavy atom. The van der Waals surface area contributed by atoms with Crippen LogP contribution in [0.25, 0.3) is 27.9 Å². The van der Waals surface area contributed by atoms with Crippen molar-refractivity contribution >= 4 is 33.9 Å². The van der Waals surface area contributed by atoms with Gasteiger partial charge in [-0.15, -0.1) is 0 Å². The third kappa shape index (κ3) is 3.42. The maximum absolute atomic E-state index is 14.5. The first kappa shape index (κ1) is 20.1. The van der Waals surface area contributed by atoms with E-state index in [-0.39, 0.29) is 10.6 Å². The Kier molecular flexibility index (Phi) is 4.78. The van der Waals surface area contributed by atoms with Crippen LogP contribution in [-0.4, -0.2) is 38.3 Å². The first-order valence-electron chi connectivity index (χ1n) is 10.5. The van der Waals surface area contributed by atoms with Crippen LogP contribution in [0.4, 0.5) is 8.78 Å². The Bertz CT molecular complexity index is 1490. The van der Waals surface area contributed by atoms with Crippen LogP contribution < -0.4 is 5.32 Å². The average molecular weight is 463 g/mol. The summed E-state index contributed by atoms with van der Waals surface area (Å²) in [7, 11) is 0. The Morgan fingerprint density at radius 3 is 2.85 bits per heavy atom. The molecule has 164 valence electrons. The van der Waals surface area contributed by atoms with Crippen LogP contribution >= 0.6 is 11.6 Å². The molecule has 6 nitrogen and oxygen atoms in total. The summed E-state index contributed by atoms with van der Waals surface area (Å²) in [5, 5.41) is 3.22. The minimum atomic E-state index is -0.804. The van der Waals surface area contributed by atoms with Crippen molar-refractivity contribution in [3.05, 3.63) is 82.5 Å². The van der Waals surface area contributed by atoms with E-state index in [4.69, 9.17) is 16.6 Å². The number of hydrogen-bond acceptors (Lipinski definition) is 5. The molecule has 6 rings (SSSR count). The van der Waals surface area contributed by atoms with Crippen LogP contribution in [0.2, 0.25) is 5.02 Å². The molecule has 1 N–H and O–H groups in total. The number of benzene rings is 1. The number of rotatable bonds is 3. The van der Waals surface area contributed by atoms with Gasteiger partial charge in [-0.3, -0.25) is 9.98 Å². The van der Waals surface area contributed by atoms with Crippen molar-refractivity contribution in [1.82, 2.24) is 24.8 Å². The highest BCUT2D eigenvalue weighted by Gasteiger charge is 2.22. The van der Waals surface area contributed by atoms with E-state index < -0.39 is 11.6 Å². The number of allylic oxidation sites excluding steroid dienone is 1. The number of pyridine rings is 2. The van der Waals surface area contributed by atoms with E-state index in [1.165, 1.54) is 6.07 Å². The highest BCUT2D eigenvalue weighted by atomic mass is 35.5. The molecule has 2 aliphatic heterocycles. The van der Waals surface area contributed by atoms with Crippen LogP contribution in [0.15, 0.2) is 53.9 Å². The molecule has 33 heavy (non-hydrogen) atoms. The standard InChI is InChI=1S/C24H17ClF2N6/c25-16-8-15(17(26)9-18(16)27)24-14(3-4-29-24)19-1-2-20-21(32-19)7-13(10-30-20)23-22-11-28-5-6-33(22)12-31-23/h1-3,7-10,12,28H,4-6,11H2. The van der Waals surface area contributed by atoms with Crippen molar-refractivity contribution in [3.8, 4) is 11.3 Å². The molecule has 0 bridgehead atoms. The number of nitrogens with one attached hydrogen (secondary N) is 1. The highest BCUT2D eigenvalue weighted by Crippen LogP contribution is 2.30. The molecule has 3 aromatic heterocycles. The first-order chi connectivity index (χ1) is 16.1. The Morgan fingerprint density at radius 2 is 1.94 bits per heavy atom. The Labute approximate surface area is 192 Å². The monoisotopic (exact) mass is 462 g/mol. The quantitative estimate of drug-likeness (QED) is 0.458. The average Bonchev–Trinajstić information content (AvgIpc) is 3.48. The zero-order chi connectivity index (χ0) is 22.5. The van der Waals surface area contributed by atoms with Gasteiger partial charge >= 0.3 is 0 Å². The third-order valence-electron chi connectivity index (χ3n) is 5.92. The predicted octanol–water partition coefficient (Wildman–Crippen LogP) is 4.41. The van der Waals surface area contributed by atoms with Crippen molar-refractivity contribution < 1.29 is 8.78 Å². The summed E-state index contributed by atoms with van der Waals surface area (Å²) in [5.41, 5.74) is 6.18. The zero-order valence-electron chi connectivity index (χ0n) is 17.3. The lowest BCUT2D eigenvalue weighted by atomic mass is 9.99. The lowest BCUT2D eigenvalue weighted by Gasteiger charge is -2.16. The van der Waals surface area contributed by atoms with Gasteiger partial charge in [-0.25, -0.2) is 18.7 Å². The first-order valence-corrected chi connectivity index (χ1v) is 10.9. The molecule has 1 aromatic carbocycles. The van der Waals surface area contributed by atoms with Gasteiger partial charge in [-0.05, 0) is 24.3 Å². The summed E-state index contributed by atoms with van der Waals surface area (Å²) >= 11 is 5.90. The predicted molar refractivity (Wildman–Crippen MR) is 123 cm³/mol. The molecule has 0 unspecified atom stereocenters. The highest BCUT2D eigenvalue weighted by molar-refractivity contribution is 6.35. The van der Waals surface area contributed by atoms with Gasteiger partial charge in [0.25, 0.3) is 0 Å². The van der Waals surface area contributed by atoms with Gasteiger partial charge in [0.15, 0.2) is 0 Å². The SMILES string of the molecule is Fc1cc(F)c(C2=NCC=C2c2ccc3ncc(-c4ncn5c4CNCC5)cc3n2)cc1Cl. The fraction of sp³-hybridized carbons (Fsp3) is 0.167. The zero-order valence-corrected chi connectivity index (χ0v) is 18.1. The van der Waals surface area contributed by atoms with Crippen LogP contribution in [0.1, 0.15) is 17.0 Å². The fourth-order valence-corrected chi connectivity index (χ4v) is 4.45. The maximum atomic E-state index is 14.5. The van der Waals surface area contributed by atoms with Gasteiger partial charge in [0, 0.05) is 48.6 Å². The third-order valence-corrected chi connectivity index (χ3v) is 6.21. The van der Waals surface area contributed by atoms with Gasteiger partial charge in [0.2, 0.25) is 0 Å². The molecular formula is C24H17ClF2N6. The molecule has 4 aromatic rings. The van der Waals surface area contributed by atoms with E-state index in [0.29, 0.717) is 29.0 Å². The van der Waals surface area contributed by atoms with E-state index in [1.807, 2.05) is 30.6 Å². The normalized spacial score (nSPS) is 15.5. The summed E-state index contributed by atoms with van der Waals surface area (Å²) in [6.45, 7) is 2.93. The lowest BCUT2D eigenvalue weighted by molar-refractivity contribution is 0.517. The smallest absolute Gasteiger partial charge is 0.144 e. The van der Waals surface area contributed by atoms with Gasteiger partial charge < -0.3 is 9.88 Å². The van der Waals surface area contributed by atoms with Crippen molar-refractivity contribution in [1.29, 1.82) is 0 Å². The molecule has 9 heteroatoms. The van der Waals surface area contributed by atoms with Crippen molar-refractivity contribution in [2.24, 2.45) is 4.99 Å². The van der Waals surface area contributed by atoms with E-state index in [1.54, 1.807) is 6.20 Å². The largest absolute Gasteiger partial charge is 0.332 e. The molecule has 2 aliphatic rings. The summed E-state index contributed by atoms with van der Waals surface area (Å²) < 4.78 is 30.3. The molecular weight excluding hydrogens is 446 g/mol. The van der Waals surface area contributed by atoms with Gasteiger partial charge in [-0.1, -0.05) is 17.7 Å². The molecule has 0 saturated carbocycles. The number of halogens is 3. The number of aromatic nitrogens is 4. The van der Waals surface area contributed by atoms with E-state index in [2.05, 4.69) is 24.8 Å². The van der Waals surface area contributed by atoms with Crippen molar-refractivity contribution in [2.45, 2.75) is 13.1 Å². The van der Waals surface area contributed by atoms with Crippen LogP contribution in [0, 0.1) is 11.6 Å². The number of hydrogen-bond donors (Lipinski definition) is 1. The second-order valence-corrected chi connectivity index (χ2v) is 8.33. The van der Waals surface area contributed by atoms with Crippen molar-refractivity contribution in [3.63, 3.8) is 0 Å². The molecule has 0 aliphatic carbocycles. The molecule has 0 radical (unpaired) electrons. The van der Waals surface area contributed by atoms with Crippen LogP contribution in [-0.2, 0) is 13.1 Å². The van der Waals surface area contributed by atoms with Crippen LogP contribution in [0.3, 0.4) is 0 Å². The number of aliphatic imine (C=N–C) groups is 1. The number of imidazole rings is 1. The molecule has 0 atom stereocenters. The van der Waals surface area contributed by atoms with E-state index >= 15 is 0 Å². The minimum absolute atomic E-state index is 0.149. The van der Waals surface area contributed by atoms with Crippen molar-refractivity contribution in [2.75, 3.05) is 13.1 Å². The van der Waals surface area contributed by atoms with Gasteiger partial charge in [0.1, 0.15) is 11.6 Å². The molecule has 0 fully saturated rings. The molecule has 0 amide bonds. The second kappa shape index (κ2) is 7.83. The van der Waals surface area contributed by atoms with Gasteiger partial charge in [-0.2, -0.15) is 0 Å². The summed E-state index contributed by atoms with van der Waals surface area (Å²) in [6.07, 6.45) is 5.53. The lowest BCUT2D eigenvalue weighted by Crippen LogP contribution is -2.27. The molecule has 5 heterocycles. The van der Waals surface area contributed by atoms with E-state index in [0.717, 1.165) is 48.2 Å². The molecule has 0 spiro atoms. The second-order valence-electron chi connectivity index (χ2n) is 7.92. The number of nitrogens with zero attached hydrogens (tertiary/aromatic N) is 5. The Balaban J connectivity index is 1.40. The Hall–Kier alpha value is -3.49. The molecule has 0 saturated heterocycles. The summed E-state index contributed by atoms with van der Waals surface area (Å²) in [6, 6.07) is 7.70. The topological polar surface area (TPSA) is 68.0 Å². The fourth-order valence-electron chi connectivity index (χ4n) is 4.29. The summed E-state index contributed by atoms with van der Waals surface area (Å²) in [5.74, 6) is -1.52. The van der Waals surface area contributed by atoms with E-state index in [9.17, 15) is 8.78 Å². The van der Waals surface area contributed by atoms with Crippen LogP contribution in [0.5, 0.6) is 0 Å². The summed E-state index contributed by atoms with van der Waals surface area (Å²) in [4.78, 5) is 18.4. The number of fused-ring (bicyclic) bond motifs is 2. The maximum Gasteiger partial charge on any atom is 0.144 e.